The molecule has 2 heteroatoms. The van der Waals surface area contributed by atoms with E-state index < -0.39 is 0 Å². The summed E-state index contributed by atoms with van der Waals surface area (Å²) in [5, 5.41) is 0. The molecule has 0 radical (unpaired) electrons. The van der Waals surface area contributed by atoms with Crippen molar-refractivity contribution in [1.82, 2.24) is 0 Å². The molecule has 30 heavy (non-hydrogen) atoms. The molecule has 0 amide bonds. The molecule has 2 aliphatic rings. The SMILES string of the molecule is CC(c1ccccc1)c1ccc2c(c1)SC1=CC=CC(C(C)c3ccccc3)C1=N2. The highest BCUT2D eigenvalue weighted by molar-refractivity contribution is 8.04. The van der Waals surface area contributed by atoms with E-state index in [0.717, 1.165) is 5.69 Å². The molecule has 3 atom stereocenters. The largest absolute Gasteiger partial charge is 0.250 e. The van der Waals surface area contributed by atoms with Gasteiger partial charge in [-0.05, 0) is 40.8 Å². The van der Waals surface area contributed by atoms with Crippen LogP contribution in [0, 0.1) is 5.92 Å². The molecular weight excluding hydrogens is 382 g/mol. The molecular formula is C28H25NS. The molecule has 3 aromatic rings. The highest BCUT2D eigenvalue weighted by atomic mass is 32.2. The summed E-state index contributed by atoms with van der Waals surface area (Å²) in [6.45, 7) is 4.58. The van der Waals surface area contributed by atoms with E-state index in [-0.39, 0.29) is 0 Å². The molecule has 3 unspecified atom stereocenters. The molecule has 3 aromatic carbocycles. The summed E-state index contributed by atoms with van der Waals surface area (Å²) in [7, 11) is 0. The minimum absolute atomic E-state index is 0.302. The maximum Gasteiger partial charge on any atom is 0.0773 e. The molecule has 0 bridgehead atoms. The Balaban J connectivity index is 1.48. The molecule has 0 fully saturated rings. The van der Waals surface area contributed by atoms with Crippen molar-refractivity contribution >= 4 is 23.2 Å². The monoisotopic (exact) mass is 407 g/mol. The van der Waals surface area contributed by atoms with Crippen LogP contribution in [0.2, 0.25) is 0 Å². The van der Waals surface area contributed by atoms with Gasteiger partial charge in [-0.15, -0.1) is 0 Å². The first kappa shape index (κ1) is 19.1. The summed E-state index contributed by atoms with van der Waals surface area (Å²) in [6, 6.07) is 28.2. The van der Waals surface area contributed by atoms with E-state index in [4.69, 9.17) is 4.99 Å². The Labute approximate surface area is 183 Å². The number of allylic oxidation sites excluding steroid dienone is 4. The first-order chi connectivity index (χ1) is 14.7. The Morgan fingerprint density at radius 1 is 0.800 bits per heavy atom. The van der Waals surface area contributed by atoms with Gasteiger partial charge in [-0.1, -0.05) is 104 Å². The number of nitrogens with zero attached hydrogens (tertiary/aromatic N) is 1. The van der Waals surface area contributed by atoms with E-state index in [0.29, 0.717) is 17.8 Å². The molecule has 0 saturated heterocycles. The summed E-state index contributed by atoms with van der Waals surface area (Å²) in [6.07, 6.45) is 6.72. The van der Waals surface area contributed by atoms with E-state index in [1.807, 2.05) is 11.8 Å². The molecule has 148 valence electrons. The summed E-state index contributed by atoms with van der Waals surface area (Å²) >= 11 is 1.86. The smallest absolute Gasteiger partial charge is 0.0773 e. The van der Waals surface area contributed by atoms with Crippen LogP contribution in [0.15, 0.2) is 112 Å². The van der Waals surface area contributed by atoms with Crippen molar-refractivity contribution in [2.45, 2.75) is 30.6 Å². The zero-order valence-corrected chi connectivity index (χ0v) is 18.1. The lowest BCUT2D eigenvalue weighted by atomic mass is 9.82. The van der Waals surface area contributed by atoms with Crippen molar-refractivity contribution in [1.29, 1.82) is 0 Å². The molecule has 0 spiro atoms. The van der Waals surface area contributed by atoms with E-state index >= 15 is 0 Å². The van der Waals surface area contributed by atoms with Crippen LogP contribution < -0.4 is 0 Å². The normalized spacial score (nSPS) is 19.2. The first-order valence-corrected chi connectivity index (χ1v) is 11.4. The van der Waals surface area contributed by atoms with E-state index in [2.05, 4.69) is 111 Å². The maximum atomic E-state index is 5.14. The fraction of sp³-hybridized carbons (Fsp3) is 0.179. The number of thioether (sulfide) groups is 1. The fourth-order valence-corrected chi connectivity index (χ4v) is 5.43. The molecule has 5 rings (SSSR count). The Bertz CT molecular complexity index is 1140. The molecule has 0 aromatic heterocycles. The molecule has 1 aliphatic heterocycles. The molecule has 0 saturated carbocycles. The van der Waals surface area contributed by atoms with Gasteiger partial charge in [-0.3, -0.25) is 4.99 Å². The Hall–Kier alpha value is -2.84. The average Bonchev–Trinajstić information content (AvgIpc) is 2.82. The number of hydrogen-bond acceptors (Lipinski definition) is 2. The Kier molecular flexibility index (Phi) is 5.18. The Morgan fingerprint density at radius 3 is 2.23 bits per heavy atom. The van der Waals surface area contributed by atoms with Crippen LogP contribution in [0.5, 0.6) is 0 Å². The molecule has 0 N–H and O–H groups in total. The van der Waals surface area contributed by atoms with Crippen molar-refractivity contribution in [2.75, 3.05) is 0 Å². The van der Waals surface area contributed by atoms with Crippen LogP contribution in [0.1, 0.15) is 42.4 Å². The lowest BCUT2D eigenvalue weighted by molar-refractivity contribution is 0.677. The van der Waals surface area contributed by atoms with Crippen LogP contribution in [-0.2, 0) is 0 Å². The number of aliphatic imine (C=N–C) groups is 1. The van der Waals surface area contributed by atoms with Crippen molar-refractivity contribution in [3.05, 3.63) is 119 Å². The number of fused-ring (bicyclic) bond motifs is 2. The minimum atomic E-state index is 0.302. The van der Waals surface area contributed by atoms with E-state index in [1.54, 1.807) is 0 Å². The lowest BCUT2D eigenvalue weighted by Crippen LogP contribution is -2.23. The van der Waals surface area contributed by atoms with Crippen molar-refractivity contribution < 1.29 is 0 Å². The standard InChI is InChI=1S/C28H25NS/c1-19(21-10-5-3-6-11-21)23-16-17-25-27(18-23)30-26-15-9-14-24(28(26)29-25)20(2)22-12-7-4-8-13-22/h3-20,24H,1-2H3. The number of benzene rings is 3. The minimum Gasteiger partial charge on any atom is -0.250 e. The maximum absolute atomic E-state index is 5.14. The second-order valence-corrected chi connectivity index (χ2v) is 9.18. The second-order valence-electron chi connectivity index (χ2n) is 8.10. The van der Waals surface area contributed by atoms with Crippen molar-refractivity contribution in [2.24, 2.45) is 10.9 Å². The summed E-state index contributed by atoms with van der Waals surface area (Å²) in [5.41, 5.74) is 6.34. The number of rotatable bonds is 4. The van der Waals surface area contributed by atoms with Gasteiger partial charge in [0.2, 0.25) is 0 Å². The van der Waals surface area contributed by atoms with Gasteiger partial charge in [-0.25, -0.2) is 0 Å². The lowest BCUT2D eigenvalue weighted by Gasteiger charge is -2.30. The van der Waals surface area contributed by atoms with Gasteiger partial charge in [0.05, 0.1) is 11.4 Å². The topological polar surface area (TPSA) is 12.4 Å². The third-order valence-electron chi connectivity index (χ3n) is 6.24. The van der Waals surface area contributed by atoms with Gasteiger partial charge < -0.3 is 0 Å². The van der Waals surface area contributed by atoms with E-state index in [9.17, 15) is 0 Å². The summed E-state index contributed by atoms with van der Waals surface area (Å²) in [4.78, 5) is 7.68. The third-order valence-corrected chi connectivity index (χ3v) is 7.35. The predicted molar refractivity (Wildman–Crippen MR) is 129 cm³/mol. The molecule has 1 heterocycles. The molecule has 1 nitrogen and oxygen atoms in total. The van der Waals surface area contributed by atoms with Gasteiger partial charge in [0.1, 0.15) is 0 Å². The second kappa shape index (κ2) is 8.12. The van der Waals surface area contributed by atoms with Crippen LogP contribution in [0.4, 0.5) is 5.69 Å². The highest BCUT2D eigenvalue weighted by Gasteiger charge is 2.30. The third kappa shape index (κ3) is 3.57. The number of hydrogen-bond donors (Lipinski definition) is 0. The van der Waals surface area contributed by atoms with Gasteiger partial charge in [-0.2, -0.15) is 0 Å². The van der Waals surface area contributed by atoms with Crippen LogP contribution in [0.3, 0.4) is 0 Å². The molecule has 1 aliphatic carbocycles. The van der Waals surface area contributed by atoms with Crippen LogP contribution in [0.25, 0.3) is 0 Å². The summed E-state index contributed by atoms with van der Waals surface area (Å²) in [5.74, 6) is 1.06. The zero-order valence-electron chi connectivity index (χ0n) is 17.3. The quantitative estimate of drug-likeness (QED) is 0.428. The fourth-order valence-electron chi connectivity index (χ4n) is 4.34. The zero-order chi connectivity index (χ0) is 20.5. The van der Waals surface area contributed by atoms with Crippen LogP contribution >= 0.6 is 11.8 Å². The highest BCUT2D eigenvalue weighted by Crippen LogP contribution is 2.46. The average molecular weight is 408 g/mol. The van der Waals surface area contributed by atoms with Crippen LogP contribution in [-0.4, -0.2) is 5.71 Å². The predicted octanol–water partition coefficient (Wildman–Crippen LogP) is 7.89. The van der Waals surface area contributed by atoms with Gasteiger partial charge >= 0.3 is 0 Å². The summed E-state index contributed by atoms with van der Waals surface area (Å²) < 4.78 is 0. The Morgan fingerprint density at radius 2 is 1.50 bits per heavy atom. The van der Waals surface area contributed by atoms with Gasteiger partial charge in [0.15, 0.2) is 0 Å². The van der Waals surface area contributed by atoms with Gasteiger partial charge in [0, 0.05) is 21.6 Å². The first-order valence-electron chi connectivity index (χ1n) is 10.6. The van der Waals surface area contributed by atoms with Crippen molar-refractivity contribution in [3.63, 3.8) is 0 Å². The van der Waals surface area contributed by atoms with Crippen molar-refractivity contribution in [3.8, 4) is 0 Å². The van der Waals surface area contributed by atoms with Gasteiger partial charge in [0.25, 0.3) is 0 Å². The van der Waals surface area contributed by atoms with E-state index in [1.165, 1.54) is 32.2 Å².